The summed E-state index contributed by atoms with van der Waals surface area (Å²) >= 11 is 13.6. The Bertz CT molecular complexity index is 1110. The zero-order valence-corrected chi connectivity index (χ0v) is 16.3. The van der Waals surface area contributed by atoms with E-state index in [1.54, 1.807) is 47.6 Å². The van der Waals surface area contributed by atoms with Gasteiger partial charge in [0.05, 0.1) is 16.8 Å². The molecule has 2 aromatic carbocycles. The smallest absolute Gasteiger partial charge is 0.260 e. The number of rotatable bonds is 4. The van der Waals surface area contributed by atoms with Crippen LogP contribution in [-0.4, -0.2) is 15.9 Å². The summed E-state index contributed by atoms with van der Waals surface area (Å²) in [4.78, 5) is 23.6. The van der Waals surface area contributed by atoms with Gasteiger partial charge >= 0.3 is 0 Å². The van der Waals surface area contributed by atoms with E-state index >= 15 is 0 Å². The van der Waals surface area contributed by atoms with Crippen LogP contribution in [0.1, 0.15) is 15.9 Å². The number of thiazole rings is 1. The number of benzene rings is 2. The van der Waals surface area contributed by atoms with Gasteiger partial charge in [-0.05, 0) is 48.0 Å². The molecule has 4 nitrogen and oxygen atoms in total. The third-order valence-electron chi connectivity index (χ3n) is 3.95. The Morgan fingerprint density at radius 3 is 2.67 bits per heavy atom. The molecule has 4 rings (SSSR count). The number of halogens is 2. The van der Waals surface area contributed by atoms with E-state index in [0.29, 0.717) is 27.3 Å². The average molecular weight is 414 g/mol. The summed E-state index contributed by atoms with van der Waals surface area (Å²) in [6.45, 7) is 0.354. The van der Waals surface area contributed by atoms with Crippen molar-refractivity contribution in [2.24, 2.45) is 0 Å². The van der Waals surface area contributed by atoms with Gasteiger partial charge in [-0.25, -0.2) is 4.98 Å². The normalized spacial score (nSPS) is 10.9. The molecule has 7 heteroatoms. The molecular formula is C20H13Cl2N3OS. The zero-order chi connectivity index (χ0) is 18.8. The van der Waals surface area contributed by atoms with Gasteiger partial charge in [-0.3, -0.25) is 14.7 Å². The Hall–Kier alpha value is -2.47. The third kappa shape index (κ3) is 3.95. The lowest BCUT2D eigenvalue weighted by Crippen LogP contribution is -2.30. The molecule has 0 saturated carbocycles. The highest BCUT2D eigenvalue weighted by atomic mass is 35.5. The van der Waals surface area contributed by atoms with Gasteiger partial charge < -0.3 is 0 Å². The van der Waals surface area contributed by atoms with Crippen molar-refractivity contribution in [3.63, 3.8) is 0 Å². The second kappa shape index (κ2) is 7.64. The van der Waals surface area contributed by atoms with Gasteiger partial charge in [-0.2, -0.15) is 0 Å². The lowest BCUT2D eigenvalue weighted by molar-refractivity contribution is 0.0985. The van der Waals surface area contributed by atoms with Crippen LogP contribution in [0.4, 0.5) is 5.13 Å². The number of hydrogen-bond acceptors (Lipinski definition) is 4. The first-order valence-electron chi connectivity index (χ1n) is 8.12. The highest BCUT2D eigenvalue weighted by molar-refractivity contribution is 7.22. The molecule has 0 spiro atoms. The maximum Gasteiger partial charge on any atom is 0.260 e. The van der Waals surface area contributed by atoms with Gasteiger partial charge in [0.15, 0.2) is 5.13 Å². The summed E-state index contributed by atoms with van der Waals surface area (Å²) < 4.78 is 0.924. The summed E-state index contributed by atoms with van der Waals surface area (Å²) in [5.74, 6) is -0.175. The molecule has 0 fully saturated rings. The van der Waals surface area contributed by atoms with Crippen molar-refractivity contribution in [2.45, 2.75) is 6.54 Å². The molecular weight excluding hydrogens is 401 g/mol. The summed E-state index contributed by atoms with van der Waals surface area (Å²) in [5, 5.41) is 1.75. The summed E-state index contributed by atoms with van der Waals surface area (Å²) in [6.07, 6.45) is 3.44. The molecule has 0 aliphatic carbocycles. The van der Waals surface area contributed by atoms with Crippen LogP contribution >= 0.6 is 34.5 Å². The fourth-order valence-electron chi connectivity index (χ4n) is 2.68. The van der Waals surface area contributed by atoms with Gasteiger partial charge in [0.1, 0.15) is 0 Å². The fraction of sp³-hybridized carbons (Fsp3) is 0.0500. The fourth-order valence-corrected chi connectivity index (χ4v) is 4.11. The number of nitrogens with zero attached hydrogens (tertiary/aromatic N) is 3. The van der Waals surface area contributed by atoms with Crippen molar-refractivity contribution < 1.29 is 4.79 Å². The Labute approximate surface area is 170 Å². The zero-order valence-electron chi connectivity index (χ0n) is 14.0. The summed E-state index contributed by atoms with van der Waals surface area (Å²) in [7, 11) is 0. The van der Waals surface area contributed by atoms with Gasteiger partial charge in [-0.1, -0.05) is 46.7 Å². The van der Waals surface area contributed by atoms with E-state index < -0.39 is 0 Å². The predicted molar refractivity (Wildman–Crippen MR) is 111 cm³/mol. The second-order valence-electron chi connectivity index (χ2n) is 5.87. The Kier molecular flexibility index (Phi) is 5.07. The summed E-state index contributed by atoms with van der Waals surface area (Å²) in [6, 6.07) is 16.2. The van der Waals surface area contributed by atoms with Crippen molar-refractivity contribution in [1.82, 2.24) is 9.97 Å². The van der Waals surface area contributed by atoms with E-state index in [-0.39, 0.29) is 5.91 Å². The van der Waals surface area contributed by atoms with E-state index in [1.165, 1.54) is 11.3 Å². The van der Waals surface area contributed by atoms with Crippen LogP contribution in [-0.2, 0) is 6.54 Å². The van der Waals surface area contributed by atoms with Crippen LogP contribution in [0.5, 0.6) is 0 Å². The minimum atomic E-state index is -0.175. The molecule has 4 aromatic rings. The average Bonchev–Trinajstić information content (AvgIpc) is 3.09. The topological polar surface area (TPSA) is 46.1 Å². The van der Waals surface area contributed by atoms with Gasteiger partial charge in [0, 0.05) is 28.0 Å². The first-order valence-corrected chi connectivity index (χ1v) is 9.70. The molecule has 0 atom stereocenters. The molecule has 134 valence electrons. The molecule has 0 N–H and O–H groups in total. The Morgan fingerprint density at radius 2 is 1.89 bits per heavy atom. The van der Waals surface area contributed by atoms with Gasteiger partial charge in [-0.15, -0.1) is 0 Å². The van der Waals surface area contributed by atoms with E-state index in [9.17, 15) is 4.79 Å². The van der Waals surface area contributed by atoms with Crippen LogP contribution in [0.3, 0.4) is 0 Å². The van der Waals surface area contributed by atoms with Gasteiger partial charge in [0.25, 0.3) is 5.91 Å². The van der Waals surface area contributed by atoms with Crippen LogP contribution in [0, 0.1) is 0 Å². The van der Waals surface area contributed by atoms with Crippen LogP contribution in [0.2, 0.25) is 10.0 Å². The SMILES string of the molecule is O=C(c1cccc(Cl)c1)N(Cc1cccnc1)c1nc2ccc(Cl)cc2s1. The quantitative estimate of drug-likeness (QED) is 0.421. The minimum absolute atomic E-state index is 0.175. The molecule has 2 aromatic heterocycles. The number of amides is 1. The first-order chi connectivity index (χ1) is 13.1. The maximum atomic E-state index is 13.2. The van der Waals surface area contributed by atoms with Crippen molar-refractivity contribution >= 4 is 55.8 Å². The molecule has 2 heterocycles. The van der Waals surface area contributed by atoms with Crippen molar-refractivity contribution in [3.05, 3.63) is 88.2 Å². The number of aromatic nitrogens is 2. The summed E-state index contributed by atoms with van der Waals surface area (Å²) in [5.41, 5.74) is 2.21. The van der Waals surface area contributed by atoms with Crippen molar-refractivity contribution in [2.75, 3.05) is 4.90 Å². The van der Waals surface area contributed by atoms with Crippen LogP contribution in [0.15, 0.2) is 67.0 Å². The number of carbonyl (C=O) groups is 1. The standard InChI is InChI=1S/C20H13Cl2N3OS/c21-15-5-1-4-14(9-15)19(26)25(12-13-3-2-8-23-11-13)20-24-17-7-6-16(22)10-18(17)27-20/h1-11H,12H2. The minimum Gasteiger partial charge on any atom is -0.279 e. The van der Waals surface area contributed by atoms with Gasteiger partial charge in [0.2, 0.25) is 0 Å². The predicted octanol–water partition coefficient (Wildman–Crippen LogP) is 5.85. The van der Waals surface area contributed by atoms with E-state index in [1.807, 2.05) is 24.3 Å². The number of anilines is 1. The second-order valence-corrected chi connectivity index (χ2v) is 7.75. The molecule has 0 radical (unpaired) electrons. The maximum absolute atomic E-state index is 13.2. The number of carbonyl (C=O) groups excluding carboxylic acids is 1. The molecule has 0 bridgehead atoms. The molecule has 0 unspecified atom stereocenters. The molecule has 27 heavy (non-hydrogen) atoms. The van der Waals surface area contributed by atoms with Crippen molar-refractivity contribution in [3.8, 4) is 0 Å². The van der Waals surface area contributed by atoms with E-state index in [0.717, 1.165) is 15.8 Å². The highest BCUT2D eigenvalue weighted by Crippen LogP contribution is 2.32. The number of hydrogen-bond donors (Lipinski definition) is 0. The first kappa shape index (κ1) is 17.9. The van der Waals surface area contributed by atoms with Crippen LogP contribution in [0.25, 0.3) is 10.2 Å². The Balaban J connectivity index is 1.77. The molecule has 0 aliphatic heterocycles. The lowest BCUT2D eigenvalue weighted by atomic mass is 10.2. The number of fused-ring (bicyclic) bond motifs is 1. The lowest BCUT2D eigenvalue weighted by Gasteiger charge is -2.20. The largest absolute Gasteiger partial charge is 0.279 e. The van der Waals surface area contributed by atoms with E-state index in [2.05, 4.69) is 9.97 Å². The van der Waals surface area contributed by atoms with E-state index in [4.69, 9.17) is 23.2 Å². The third-order valence-corrected chi connectivity index (χ3v) is 5.46. The van der Waals surface area contributed by atoms with Crippen LogP contribution < -0.4 is 4.90 Å². The van der Waals surface area contributed by atoms with Crippen molar-refractivity contribution in [1.29, 1.82) is 0 Å². The monoisotopic (exact) mass is 413 g/mol. The molecule has 1 amide bonds. The highest BCUT2D eigenvalue weighted by Gasteiger charge is 2.22. The molecule has 0 saturated heterocycles. The number of pyridine rings is 1. The molecule has 0 aliphatic rings. The Morgan fingerprint density at radius 1 is 1.04 bits per heavy atom.